The molecule has 2 unspecified atom stereocenters. The molecule has 1 heterocycles. The Morgan fingerprint density at radius 1 is 1.35 bits per heavy atom. The molecule has 1 aliphatic heterocycles. The first kappa shape index (κ1) is 19.9. The fourth-order valence-corrected chi connectivity index (χ4v) is 3.00. The first-order valence-corrected chi connectivity index (χ1v) is 7.59. The van der Waals surface area contributed by atoms with E-state index in [1.165, 1.54) is 7.11 Å². The van der Waals surface area contributed by atoms with Gasteiger partial charge in [0.2, 0.25) is 0 Å². The molecule has 0 aromatic heterocycles. The molecule has 2 atom stereocenters. The quantitative estimate of drug-likeness (QED) is 0.855. The van der Waals surface area contributed by atoms with Crippen molar-refractivity contribution >= 4 is 12.4 Å². The van der Waals surface area contributed by atoms with Gasteiger partial charge in [-0.1, -0.05) is 13.0 Å². The molecular formula is C16H25ClF2N2O2. The van der Waals surface area contributed by atoms with Crippen molar-refractivity contribution in [3.8, 4) is 11.5 Å². The molecule has 0 amide bonds. The predicted molar refractivity (Wildman–Crippen MR) is 88.5 cm³/mol. The Morgan fingerprint density at radius 3 is 2.70 bits per heavy atom. The Bertz CT molecular complexity index is 491. The third kappa shape index (κ3) is 5.48. The Morgan fingerprint density at radius 2 is 2.09 bits per heavy atom. The fraction of sp³-hybridized carbons (Fsp3) is 0.625. The van der Waals surface area contributed by atoms with Gasteiger partial charge < -0.3 is 15.2 Å². The van der Waals surface area contributed by atoms with E-state index in [1.54, 1.807) is 12.1 Å². The molecule has 0 radical (unpaired) electrons. The number of nitrogens with zero attached hydrogens (tertiary/aromatic N) is 1. The van der Waals surface area contributed by atoms with Crippen molar-refractivity contribution in [3.05, 3.63) is 23.8 Å². The molecule has 0 saturated carbocycles. The fourth-order valence-electron chi connectivity index (χ4n) is 3.00. The molecule has 7 heteroatoms. The van der Waals surface area contributed by atoms with Gasteiger partial charge in [-0.15, -0.1) is 12.4 Å². The van der Waals surface area contributed by atoms with E-state index in [4.69, 9.17) is 10.5 Å². The number of alkyl halides is 2. The van der Waals surface area contributed by atoms with Crippen LogP contribution in [0.5, 0.6) is 11.5 Å². The normalized spacial score (nSPS) is 21.8. The summed E-state index contributed by atoms with van der Waals surface area (Å²) in [6.07, 6.45) is 2.21. The number of rotatable bonds is 6. The van der Waals surface area contributed by atoms with Crippen molar-refractivity contribution in [2.75, 3.05) is 20.2 Å². The summed E-state index contributed by atoms with van der Waals surface area (Å²) in [5.74, 6) is 1.06. The molecule has 0 spiro atoms. The summed E-state index contributed by atoms with van der Waals surface area (Å²) in [6.45, 7) is 1.64. The van der Waals surface area contributed by atoms with Crippen LogP contribution in [-0.4, -0.2) is 37.8 Å². The molecule has 23 heavy (non-hydrogen) atoms. The predicted octanol–water partition coefficient (Wildman–Crippen LogP) is 3.28. The number of ether oxygens (including phenoxy) is 2. The topological polar surface area (TPSA) is 47.7 Å². The summed E-state index contributed by atoms with van der Waals surface area (Å²) < 4.78 is 34.6. The van der Waals surface area contributed by atoms with Crippen molar-refractivity contribution in [2.45, 2.75) is 39.0 Å². The van der Waals surface area contributed by atoms with E-state index in [0.717, 1.165) is 24.9 Å². The maximum absolute atomic E-state index is 12.5. The van der Waals surface area contributed by atoms with Crippen LogP contribution in [0.3, 0.4) is 0 Å². The second-order valence-corrected chi connectivity index (χ2v) is 5.85. The lowest BCUT2D eigenvalue weighted by atomic mass is 9.92. The van der Waals surface area contributed by atoms with E-state index in [2.05, 4.69) is 16.6 Å². The Hall–Kier alpha value is -1.11. The van der Waals surface area contributed by atoms with Crippen LogP contribution in [0.1, 0.15) is 25.3 Å². The lowest BCUT2D eigenvalue weighted by Crippen LogP contribution is -2.45. The van der Waals surface area contributed by atoms with E-state index in [9.17, 15) is 8.78 Å². The number of nitrogens with two attached hydrogens (primary N) is 1. The molecule has 1 fully saturated rings. The average molecular weight is 351 g/mol. The maximum atomic E-state index is 12.5. The monoisotopic (exact) mass is 350 g/mol. The molecule has 1 aromatic carbocycles. The minimum Gasteiger partial charge on any atom is -0.493 e. The molecule has 1 aliphatic rings. The van der Waals surface area contributed by atoms with Crippen LogP contribution < -0.4 is 15.2 Å². The van der Waals surface area contributed by atoms with Gasteiger partial charge in [0, 0.05) is 19.1 Å². The van der Waals surface area contributed by atoms with E-state index in [0.29, 0.717) is 30.8 Å². The molecule has 132 valence electrons. The molecular weight excluding hydrogens is 326 g/mol. The summed E-state index contributed by atoms with van der Waals surface area (Å²) in [6, 6.07) is 5.50. The maximum Gasteiger partial charge on any atom is 0.387 e. The highest BCUT2D eigenvalue weighted by Gasteiger charge is 2.25. The lowest BCUT2D eigenvalue weighted by molar-refractivity contribution is -0.0512. The van der Waals surface area contributed by atoms with Crippen molar-refractivity contribution in [3.63, 3.8) is 0 Å². The Kier molecular flexibility index (Phi) is 8.02. The first-order chi connectivity index (χ1) is 10.5. The molecule has 0 aliphatic carbocycles. The first-order valence-electron chi connectivity index (χ1n) is 7.59. The van der Waals surface area contributed by atoms with Crippen LogP contribution in [0, 0.1) is 5.92 Å². The van der Waals surface area contributed by atoms with Gasteiger partial charge in [-0.05, 0) is 43.0 Å². The van der Waals surface area contributed by atoms with E-state index >= 15 is 0 Å². The van der Waals surface area contributed by atoms with Gasteiger partial charge in [-0.25, -0.2) is 0 Å². The third-order valence-electron chi connectivity index (χ3n) is 4.20. The van der Waals surface area contributed by atoms with Crippen molar-refractivity contribution in [1.29, 1.82) is 0 Å². The highest BCUT2D eigenvalue weighted by molar-refractivity contribution is 5.85. The zero-order valence-corrected chi connectivity index (χ0v) is 14.3. The molecule has 2 N–H and O–H groups in total. The van der Waals surface area contributed by atoms with Gasteiger partial charge >= 0.3 is 6.61 Å². The van der Waals surface area contributed by atoms with Crippen molar-refractivity contribution in [1.82, 2.24) is 4.90 Å². The number of methoxy groups -OCH3 is 1. The van der Waals surface area contributed by atoms with Crippen molar-refractivity contribution in [2.24, 2.45) is 11.7 Å². The van der Waals surface area contributed by atoms with E-state index < -0.39 is 6.61 Å². The highest BCUT2D eigenvalue weighted by Crippen LogP contribution is 2.31. The number of halogens is 3. The summed E-state index contributed by atoms with van der Waals surface area (Å²) in [7, 11) is 1.43. The third-order valence-corrected chi connectivity index (χ3v) is 4.20. The van der Waals surface area contributed by atoms with Crippen LogP contribution in [0.4, 0.5) is 8.78 Å². The summed E-state index contributed by atoms with van der Waals surface area (Å²) >= 11 is 0. The smallest absolute Gasteiger partial charge is 0.387 e. The van der Waals surface area contributed by atoms with Gasteiger partial charge in [-0.2, -0.15) is 8.78 Å². The Balaban J connectivity index is 0.00000264. The lowest BCUT2D eigenvalue weighted by Gasteiger charge is -2.38. The molecule has 0 bridgehead atoms. The van der Waals surface area contributed by atoms with Crippen LogP contribution in [0.25, 0.3) is 0 Å². The van der Waals surface area contributed by atoms with Crippen molar-refractivity contribution < 1.29 is 18.3 Å². The number of likely N-dealkylation sites (tertiary alicyclic amines) is 1. The van der Waals surface area contributed by atoms with E-state index in [-0.39, 0.29) is 18.2 Å². The standard InChI is InChI=1S/C16H24F2N2O2.ClH/c1-11-5-6-20(13(7-11)9-19)10-12-3-4-14(21-2)15(8-12)22-16(17)18;/h3-4,8,11,13,16H,5-7,9-10,19H2,1-2H3;1H. The minimum atomic E-state index is -2.86. The SMILES string of the molecule is COc1ccc(CN2CCC(C)CC2CN)cc1OC(F)F.Cl. The molecule has 1 aromatic rings. The van der Waals surface area contributed by atoms with Gasteiger partial charge in [-0.3, -0.25) is 4.90 Å². The average Bonchev–Trinajstić information content (AvgIpc) is 2.48. The van der Waals surface area contributed by atoms with Gasteiger partial charge in [0.1, 0.15) is 0 Å². The second-order valence-electron chi connectivity index (χ2n) is 5.85. The number of benzene rings is 1. The van der Waals surface area contributed by atoms with Gasteiger partial charge in [0.05, 0.1) is 7.11 Å². The van der Waals surface area contributed by atoms with E-state index in [1.807, 2.05) is 6.07 Å². The summed E-state index contributed by atoms with van der Waals surface area (Å²) in [5, 5.41) is 0. The number of piperidine rings is 1. The van der Waals surface area contributed by atoms with Gasteiger partial charge in [0.25, 0.3) is 0 Å². The minimum absolute atomic E-state index is 0. The molecule has 2 rings (SSSR count). The highest BCUT2D eigenvalue weighted by atomic mass is 35.5. The number of hydrogen-bond acceptors (Lipinski definition) is 4. The van der Waals surface area contributed by atoms with Crippen LogP contribution in [-0.2, 0) is 6.54 Å². The zero-order valence-electron chi connectivity index (χ0n) is 13.5. The largest absolute Gasteiger partial charge is 0.493 e. The number of hydrogen-bond donors (Lipinski definition) is 1. The van der Waals surface area contributed by atoms with Crippen LogP contribution in [0.15, 0.2) is 18.2 Å². The summed E-state index contributed by atoms with van der Waals surface area (Å²) in [5.41, 5.74) is 6.79. The van der Waals surface area contributed by atoms with Gasteiger partial charge in [0.15, 0.2) is 11.5 Å². The second kappa shape index (κ2) is 9.25. The van der Waals surface area contributed by atoms with Crippen LogP contribution >= 0.6 is 12.4 Å². The summed E-state index contributed by atoms with van der Waals surface area (Å²) in [4.78, 5) is 2.31. The molecule has 4 nitrogen and oxygen atoms in total. The molecule has 1 saturated heterocycles. The van der Waals surface area contributed by atoms with Crippen LogP contribution in [0.2, 0.25) is 0 Å². The zero-order chi connectivity index (χ0) is 16.1. The Labute approximate surface area is 142 Å².